The monoisotopic (exact) mass is 233 g/mol. The number of carbonyl (C=O) groups excluding carboxylic acids is 2. The summed E-state index contributed by atoms with van der Waals surface area (Å²) < 4.78 is 0. The number of para-hydroxylation sites is 1. The van der Waals surface area contributed by atoms with Crippen LogP contribution in [0.5, 0.6) is 0 Å². The summed E-state index contributed by atoms with van der Waals surface area (Å²) in [4.78, 5) is 25.8. The van der Waals surface area contributed by atoms with Gasteiger partial charge in [0.1, 0.15) is 5.69 Å². The van der Waals surface area contributed by atoms with Gasteiger partial charge in [0, 0.05) is 5.39 Å². The van der Waals surface area contributed by atoms with E-state index in [9.17, 15) is 9.59 Å². The summed E-state index contributed by atoms with van der Waals surface area (Å²) in [5.41, 5.74) is 0.962. The maximum absolute atomic E-state index is 11.5. The van der Waals surface area contributed by atoms with Crippen LogP contribution in [-0.2, 0) is 0 Å². The Morgan fingerprint density at radius 1 is 1.12 bits per heavy atom. The Hall–Kier alpha value is -2.01. The van der Waals surface area contributed by atoms with E-state index in [-0.39, 0.29) is 11.3 Å². The van der Waals surface area contributed by atoms with Crippen molar-refractivity contribution in [3.05, 3.63) is 34.5 Å². The van der Waals surface area contributed by atoms with Gasteiger partial charge in [-0.05, 0) is 6.07 Å². The second-order valence-corrected chi connectivity index (χ2v) is 3.75. The molecule has 1 aliphatic rings. The van der Waals surface area contributed by atoms with E-state index in [2.05, 4.69) is 15.2 Å². The summed E-state index contributed by atoms with van der Waals surface area (Å²) in [5, 5.41) is 7.57. The molecule has 1 aromatic heterocycles. The number of fused-ring (bicyclic) bond motifs is 3. The van der Waals surface area contributed by atoms with Crippen LogP contribution < -0.4 is 0 Å². The molecule has 5 nitrogen and oxygen atoms in total. The van der Waals surface area contributed by atoms with Gasteiger partial charge in [0.2, 0.25) is 0 Å². The van der Waals surface area contributed by atoms with E-state index in [1.807, 2.05) is 0 Å². The first-order chi connectivity index (χ1) is 7.68. The van der Waals surface area contributed by atoms with Crippen molar-refractivity contribution in [2.75, 3.05) is 0 Å². The SMILES string of the molecule is O=C1N=NC(=O)c2c1[nH]c1c(Cl)cccc21. The highest BCUT2D eigenvalue weighted by molar-refractivity contribution is 6.36. The Morgan fingerprint density at radius 2 is 1.88 bits per heavy atom. The van der Waals surface area contributed by atoms with Gasteiger partial charge in [-0.1, -0.05) is 23.7 Å². The lowest BCUT2D eigenvalue weighted by molar-refractivity contribution is 0.0919. The molecule has 6 heteroatoms. The average Bonchev–Trinajstić information content (AvgIpc) is 2.66. The maximum Gasteiger partial charge on any atom is 0.312 e. The molecule has 1 aliphatic heterocycles. The van der Waals surface area contributed by atoms with Gasteiger partial charge >= 0.3 is 5.91 Å². The van der Waals surface area contributed by atoms with E-state index in [4.69, 9.17) is 11.6 Å². The van der Waals surface area contributed by atoms with Gasteiger partial charge in [-0.3, -0.25) is 9.59 Å². The minimum atomic E-state index is -0.554. The second kappa shape index (κ2) is 2.99. The zero-order valence-electron chi connectivity index (χ0n) is 7.82. The Balaban J connectivity index is 2.49. The molecule has 0 bridgehead atoms. The molecule has 0 spiro atoms. The van der Waals surface area contributed by atoms with E-state index in [1.165, 1.54) is 0 Å². The van der Waals surface area contributed by atoms with Crippen LogP contribution in [0.15, 0.2) is 28.4 Å². The highest BCUT2D eigenvalue weighted by Crippen LogP contribution is 2.30. The number of amides is 2. The molecule has 0 unspecified atom stereocenters. The summed E-state index contributed by atoms with van der Waals surface area (Å²) in [6.45, 7) is 0. The van der Waals surface area contributed by atoms with Gasteiger partial charge in [0.15, 0.2) is 0 Å². The lowest BCUT2D eigenvalue weighted by Gasteiger charge is -1.99. The van der Waals surface area contributed by atoms with Crippen molar-refractivity contribution in [1.29, 1.82) is 0 Å². The van der Waals surface area contributed by atoms with Crippen LogP contribution >= 0.6 is 11.6 Å². The van der Waals surface area contributed by atoms with Gasteiger partial charge in [0.25, 0.3) is 5.91 Å². The van der Waals surface area contributed by atoms with Crippen molar-refractivity contribution in [2.24, 2.45) is 10.2 Å². The van der Waals surface area contributed by atoms with Crippen LogP contribution in [-0.4, -0.2) is 16.8 Å². The Morgan fingerprint density at radius 3 is 2.69 bits per heavy atom. The molecule has 0 fully saturated rings. The first kappa shape index (κ1) is 9.23. The Bertz CT molecular complexity index is 672. The van der Waals surface area contributed by atoms with Crippen LogP contribution in [0.4, 0.5) is 0 Å². The fourth-order valence-corrected chi connectivity index (χ4v) is 1.98. The van der Waals surface area contributed by atoms with E-state index in [1.54, 1.807) is 18.2 Å². The van der Waals surface area contributed by atoms with Crippen molar-refractivity contribution in [3.8, 4) is 0 Å². The molecule has 0 radical (unpaired) electrons. The topological polar surface area (TPSA) is 74.7 Å². The van der Waals surface area contributed by atoms with Crippen LogP contribution in [0, 0.1) is 0 Å². The number of nitrogens with one attached hydrogen (secondary N) is 1. The van der Waals surface area contributed by atoms with Gasteiger partial charge in [-0.2, -0.15) is 0 Å². The quantitative estimate of drug-likeness (QED) is 0.759. The summed E-state index contributed by atoms with van der Waals surface area (Å²) in [5.74, 6) is -1.08. The summed E-state index contributed by atoms with van der Waals surface area (Å²) in [6, 6.07) is 5.10. The van der Waals surface area contributed by atoms with E-state index < -0.39 is 11.8 Å². The molecular weight excluding hydrogens is 230 g/mol. The number of azo groups is 1. The number of nitrogens with zero attached hydrogens (tertiary/aromatic N) is 2. The molecule has 2 aromatic rings. The second-order valence-electron chi connectivity index (χ2n) is 3.35. The largest absolute Gasteiger partial charge is 0.349 e. The molecule has 0 aliphatic carbocycles. The fourth-order valence-electron chi connectivity index (χ4n) is 1.76. The van der Waals surface area contributed by atoms with Crippen LogP contribution in [0.25, 0.3) is 10.9 Å². The molecule has 0 atom stereocenters. The fraction of sp³-hybridized carbons (Fsp3) is 0. The zero-order valence-corrected chi connectivity index (χ0v) is 8.58. The third-order valence-corrected chi connectivity index (χ3v) is 2.76. The molecule has 2 amide bonds. The Labute approximate surface area is 94.1 Å². The Kier molecular flexibility index (Phi) is 1.73. The van der Waals surface area contributed by atoms with Crippen molar-refractivity contribution >= 4 is 34.3 Å². The molecule has 1 N–H and O–H groups in total. The number of halogens is 1. The van der Waals surface area contributed by atoms with Gasteiger partial charge < -0.3 is 4.98 Å². The van der Waals surface area contributed by atoms with Gasteiger partial charge in [-0.25, -0.2) is 0 Å². The first-order valence-corrected chi connectivity index (χ1v) is 4.87. The molecule has 78 valence electrons. The standard InChI is InChI=1S/C10H4ClN3O2/c11-5-3-1-2-4-6-8(12-7(4)5)10(16)14-13-9(6)15/h1-3,12H. The molecule has 16 heavy (non-hydrogen) atoms. The van der Waals surface area contributed by atoms with E-state index in [0.717, 1.165) is 0 Å². The number of benzene rings is 1. The first-order valence-electron chi connectivity index (χ1n) is 4.49. The lowest BCUT2D eigenvalue weighted by Crippen LogP contribution is -2.09. The van der Waals surface area contributed by atoms with Gasteiger partial charge in [0.05, 0.1) is 16.1 Å². The number of aromatic nitrogens is 1. The highest BCUT2D eigenvalue weighted by Gasteiger charge is 2.27. The molecule has 3 rings (SSSR count). The predicted molar refractivity (Wildman–Crippen MR) is 56.8 cm³/mol. The molecular formula is C10H4ClN3O2. The van der Waals surface area contributed by atoms with E-state index >= 15 is 0 Å². The van der Waals surface area contributed by atoms with Crippen LogP contribution in [0.1, 0.15) is 20.8 Å². The number of rotatable bonds is 0. The normalized spacial score (nSPS) is 14.6. The molecule has 0 saturated heterocycles. The summed E-state index contributed by atoms with van der Waals surface area (Å²) in [7, 11) is 0. The summed E-state index contributed by atoms with van der Waals surface area (Å²) >= 11 is 5.96. The van der Waals surface area contributed by atoms with Gasteiger partial charge in [-0.15, -0.1) is 10.2 Å². The van der Waals surface area contributed by atoms with Crippen molar-refractivity contribution < 1.29 is 9.59 Å². The third-order valence-electron chi connectivity index (χ3n) is 2.44. The zero-order chi connectivity index (χ0) is 11.3. The highest BCUT2D eigenvalue weighted by atomic mass is 35.5. The number of aromatic amines is 1. The van der Waals surface area contributed by atoms with Crippen LogP contribution in [0.3, 0.4) is 0 Å². The number of hydrogen-bond donors (Lipinski definition) is 1. The third kappa shape index (κ3) is 1.06. The van der Waals surface area contributed by atoms with E-state index in [0.29, 0.717) is 15.9 Å². The minimum Gasteiger partial charge on any atom is -0.349 e. The predicted octanol–water partition coefficient (Wildman–Crippen LogP) is 2.57. The molecule has 1 aromatic carbocycles. The number of carbonyl (C=O) groups is 2. The number of hydrogen-bond acceptors (Lipinski definition) is 2. The van der Waals surface area contributed by atoms with Crippen molar-refractivity contribution in [3.63, 3.8) is 0 Å². The van der Waals surface area contributed by atoms with Crippen molar-refractivity contribution in [2.45, 2.75) is 0 Å². The smallest absolute Gasteiger partial charge is 0.312 e. The van der Waals surface area contributed by atoms with Crippen LogP contribution in [0.2, 0.25) is 5.02 Å². The lowest BCUT2D eigenvalue weighted by atomic mass is 10.1. The number of H-pyrrole nitrogens is 1. The minimum absolute atomic E-state index is 0.156. The summed E-state index contributed by atoms with van der Waals surface area (Å²) in [6.07, 6.45) is 0. The average molecular weight is 234 g/mol. The molecule has 2 heterocycles. The molecule has 0 saturated carbocycles. The van der Waals surface area contributed by atoms with Crippen molar-refractivity contribution in [1.82, 2.24) is 4.98 Å². The maximum atomic E-state index is 11.5.